The molecular formula is C17H16N4O2S2. The van der Waals surface area contributed by atoms with E-state index in [1.54, 1.807) is 19.1 Å². The van der Waals surface area contributed by atoms with Crippen LogP contribution in [0.3, 0.4) is 0 Å². The third-order valence-electron chi connectivity index (χ3n) is 3.41. The quantitative estimate of drug-likeness (QED) is 0.719. The second kappa shape index (κ2) is 7.54. The van der Waals surface area contributed by atoms with E-state index < -0.39 is 6.04 Å². The molecule has 6 nitrogen and oxygen atoms in total. The van der Waals surface area contributed by atoms with Gasteiger partial charge in [-0.2, -0.15) is 0 Å². The fourth-order valence-electron chi connectivity index (χ4n) is 2.12. The van der Waals surface area contributed by atoms with E-state index in [0.29, 0.717) is 10.0 Å². The zero-order valence-corrected chi connectivity index (χ0v) is 15.3. The topological polar surface area (TPSA) is 84.0 Å². The Morgan fingerprint density at radius 3 is 2.72 bits per heavy atom. The largest absolute Gasteiger partial charge is 0.340 e. The van der Waals surface area contributed by atoms with Crippen LogP contribution in [0.4, 0.5) is 5.13 Å². The summed E-state index contributed by atoms with van der Waals surface area (Å²) in [5.41, 5.74) is 2.08. The maximum atomic E-state index is 12.2. The van der Waals surface area contributed by atoms with Gasteiger partial charge in [0.1, 0.15) is 11.0 Å². The monoisotopic (exact) mass is 372 g/mol. The Balaban J connectivity index is 1.62. The van der Waals surface area contributed by atoms with Crippen LogP contribution in [0.15, 0.2) is 41.8 Å². The molecule has 2 N–H and O–H groups in total. The van der Waals surface area contributed by atoms with Crippen LogP contribution in [-0.4, -0.2) is 28.1 Å². The Kier molecular flexibility index (Phi) is 5.20. The lowest BCUT2D eigenvalue weighted by Gasteiger charge is -2.11. The van der Waals surface area contributed by atoms with Crippen molar-refractivity contribution in [3.63, 3.8) is 0 Å². The number of aromatic nitrogens is 2. The first-order valence-corrected chi connectivity index (χ1v) is 9.28. The molecule has 0 radical (unpaired) electrons. The summed E-state index contributed by atoms with van der Waals surface area (Å²) in [6.45, 7) is 3.63. The number of rotatable bonds is 5. The molecule has 0 aliphatic rings. The Bertz CT molecular complexity index is 890. The van der Waals surface area contributed by atoms with Gasteiger partial charge in [-0.05, 0) is 31.4 Å². The van der Waals surface area contributed by atoms with Gasteiger partial charge in [0, 0.05) is 5.56 Å². The molecule has 0 bridgehead atoms. The minimum Gasteiger partial charge on any atom is -0.340 e. The summed E-state index contributed by atoms with van der Waals surface area (Å²) >= 11 is 2.62. The number of hydrogen-bond donors (Lipinski definition) is 2. The Morgan fingerprint density at radius 1 is 1.16 bits per heavy atom. The highest BCUT2D eigenvalue weighted by molar-refractivity contribution is 7.18. The summed E-state index contributed by atoms with van der Waals surface area (Å²) < 4.78 is 0. The summed E-state index contributed by atoms with van der Waals surface area (Å²) in [5, 5.41) is 16.4. The molecule has 0 saturated carbocycles. The van der Waals surface area contributed by atoms with Crippen LogP contribution in [0.5, 0.6) is 0 Å². The average molecular weight is 372 g/mol. The van der Waals surface area contributed by atoms with Crippen LogP contribution in [0.2, 0.25) is 0 Å². The number of anilines is 1. The molecule has 1 atom stereocenters. The highest BCUT2D eigenvalue weighted by atomic mass is 32.1. The summed E-state index contributed by atoms with van der Waals surface area (Å²) in [7, 11) is 0. The van der Waals surface area contributed by atoms with Gasteiger partial charge in [0.15, 0.2) is 0 Å². The summed E-state index contributed by atoms with van der Waals surface area (Å²) in [5.74, 6) is -0.604. The van der Waals surface area contributed by atoms with Gasteiger partial charge in [-0.3, -0.25) is 14.9 Å². The summed E-state index contributed by atoms with van der Waals surface area (Å²) in [6.07, 6.45) is 0. The number of hydrogen-bond acceptors (Lipinski definition) is 6. The van der Waals surface area contributed by atoms with Crippen molar-refractivity contribution in [1.29, 1.82) is 0 Å². The van der Waals surface area contributed by atoms with Crippen LogP contribution in [0.1, 0.15) is 22.2 Å². The van der Waals surface area contributed by atoms with Gasteiger partial charge < -0.3 is 5.32 Å². The third kappa shape index (κ3) is 4.28. The number of aryl methyl sites for hydroxylation is 1. The van der Waals surface area contributed by atoms with Crippen molar-refractivity contribution < 1.29 is 9.59 Å². The minimum absolute atomic E-state index is 0.268. The SMILES string of the molecule is Cc1cccc(-c2nnc(NC(=O)[C@H](C)NC(=O)c3cccs3)s2)c1. The lowest BCUT2D eigenvalue weighted by atomic mass is 10.1. The van der Waals surface area contributed by atoms with Gasteiger partial charge in [-0.15, -0.1) is 21.5 Å². The molecule has 3 rings (SSSR count). The molecule has 3 aromatic rings. The zero-order valence-electron chi connectivity index (χ0n) is 13.6. The molecule has 0 saturated heterocycles. The Morgan fingerprint density at radius 2 is 2.00 bits per heavy atom. The highest BCUT2D eigenvalue weighted by Crippen LogP contribution is 2.26. The zero-order chi connectivity index (χ0) is 17.8. The van der Waals surface area contributed by atoms with Gasteiger partial charge in [-0.1, -0.05) is 41.2 Å². The Hall–Kier alpha value is -2.58. The molecule has 0 unspecified atom stereocenters. The van der Waals surface area contributed by atoms with Crippen LogP contribution in [0.25, 0.3) is 10.6 Å². The van der Waals surface area contributed by atoms with Crippen molar-refractivity contribution in [3.05, 3.63) is 52.2 Å². The van der Waals surface area contributed by atoms with E-state index in [1.165, 1.54) is 22.7 Å². The number of nitrogens with zero attached hydrogens (tertiary/aromatic N) is 2. The van der Waals surface area contributed by atoms with E-state index in [0.717, 1.165) is 16.1 Å². The van der Waals surface area contributed by atoms with E-state index >= 15 is 0 Å². The molecule has 0 spiro atoms. The van der Waals surface area contributed by atoms with Gasteiger partial charge in [0.2, 0.25) is 11.0 Å². The fraction of sp³-hybridized carbons (Fsp3) is 0.176. The van der Waals surface area contributed by atoms with Crippen molar-refractivity contribution in [2.24, 2.45) is 0 Å². The lowest BCUT2D eigenvalue weighted by Crippen LogP contribution is -2.41. The highest BCUT2D eigenvalue weighted by Gasteiger charge is 2.19. The molecule has 2 heterocycles. The molecule has 0 fully saturated rings. The molecule has 0 aliphatic heterocycles. The number of carbonyl (C=O) groups is 2. The second-order valence-corrected chi connectivity index (χ2v) is 7.37. The first kappa shape index (κ1) is 17.2. The fourth-order valence-corrected chi connectivity index (χ4v) is 3.49. The second-order valence-electron chi connectivity index (χ2n) is 5.44. The van der Waals surface area contributed by atoms with E-state index in [4.69, 9.17) is 0 Å². The number of benzene rings is 1. The predicted octanol–water partition coefficient (Wildman–Crippen LogP) is 3.33. The van der Waals surface area contributed by atoms with Gasteiger partial charge >= 0.3 is 0 Å². The standard InChI is InChI=1S/C17H16N4O2S2/c1-10-5-3-6-12(9-10)16-20-21-17(25-16)19-14(22)11(2)18-15(23)13-7-4-8-24-13/h3-9,11H,1-2H3,(H,18,23)(H,19,21,22)/t11-/m0/s1. The Labute approximate surface area is 152 Å². The minimum atomic E-state index is -0.680. The molecule has 0 aliphatic carbocycles. The lowest BCUT2D eigenvalue weighted by molar-refractivity contribution is -0.117. The average Bonchev–Trinajstić information content (AvgIpc) is 3.26. The van der Waals surface area contributed by atoms with Crippen molar-refractivity contribution in [2.75, 3.05) is 5.32 Å². The van der Waals surface area contributed by atoms with Gasteiger partial charge in [0.25, 0.3) is 5.91 Å². The summed E-state index contributed by atoms with van der Waals surface area (Å²) in [6, 6.07) is 10.7. The van der Waals surface area contributed by atoms with Crippen molar-refractivity contribution in [2.45, 2.75) is 19.9 Å². The maximum absolute atomic E-state index is 12.2. The number of carbonyl (C=O) groups excluding carboxylic acids is 2. The van der Waals surface area contributed by atoms with Gasteiger partial charge in [-0.25, -0.2) is 0 Å². The van der Waals surface area contributed by atoms with Crippen molar-refractivity contribution >= 4 is 39.6 Å². The number of nitrogens with one attached hydrogen (secondary N) is 2. The van der Waals surface area contributed by atoms with E-state index in [2.05, 4.69) is 20.8 Å². The molecule has 128 valence electrons. The van der Waals surface area contributed by atoms with Crippen LogP contribution in [0, 0.1) is 6.92 Å². The summed E-state index contributed by atoms with van der Waals surface area (Å²) in [4.78, 5) is 24.8. The van der Waals surface area contributed by atoms with Crippen molar-refractivity contribution in [1.82, 2.24) is 15.5 Å². The van der Waals surface area contributed by atoms with Crippen LogP contribution in [-0.2, 0) is 4.79 Å². The van der Waals surface area contributed by atoms with Crippen LogP contribution < -0.4 is 10.6 Å². The van der Waals surface area contributed by atoms with Crippen LogP contribution >= 0.6 is 22.7 Å². The van der Waals surface area contributed by atoms with E-state index in [-0.39, 0.29) is 11.8 Å². The van der Waals surface area contributed by atoms with E-state index in [9.17, 15) is 9.59 Å². The smallest absolute Gasteiger partial charge is 0.261 e. The van der Waals surface area contributed by atoms with Crippen molar-refractivity contribution in [3.8, 4) is 10.6 Å². The number of thiophene rings is 1. The predicted molar refractivity (Wildman–Crippen MR) is 100.0 cm³/mol. The molecule has 25 heavy (non-hydrogen) atoms. The van der Waals surface area contributed by atoms with Gasteiger partial charge in [0.05, 0.1) is 4.88 Å². The molecule has 2 aromatic heterocycles. The first-order valence-electron chi connectivity index (χ1n) is 7.58. The molecule has 8 heteroatoms. The normalized spacial score (nSPS) is 11.8. The first-order chi connectivity index (χ1) is 12.0. The molecular weight excluding hydrogens is 356 g/mol. The molecule has 1 aromatic carbocycles. The third-order valence-corrected chi connectivity index (χ3v) is 5.16. The van der Waals surface area contributed by atoms with E-state index in [1.807, 2.05) is 36.6 Å². The molecule has 2 amide bonds. The number of amides is 2. The maximum Gasteiger partial charge on any atom is 0.261 e.